The van der Waals surface area contributed by atoms with Crippen molar-refractivity contribution in [2.24, 2.45) is 0 Å². The zero-order valence-electron chi connectivity index (χ0n) is 11.0. The fourth-order valence-electron chi connectivity index (χ4n) is 3.07. The average Bonchev–Trinajstić information content (AvgIpc) is 3.12. The second kappa shape index (κ2) is 4.00. The van der Waals surface area contributed by atoms with E-state index in [1.54, 1.807) is 0 Å². The summed E-state index contributed by atoms with van der Waals surface area (Å²) in [7, 11) is 0. The molecule has 5 rings (SSSR count). The molecule has 21 heavy (non-hydrogen) atoms. The Hall–Kier alpha value is -2.02. The van der Waals surface area contributed by atoms with Crippen molar-refractivity contribution >= 4 is 61.6 Å². The molecule has 0 atom stereocenters. The summed E-state index contributed by atoms with van der Waals surface area (Å²) in [4.78, 5) is 4.71. The van der Waals surface area contributed by atoms with Gasteiger partial charge < -0.3 is 4.42 Å². The van der Waals surface area contributed by atoms with Gasteiger partial charge in [0, 0.05) is 5.39 Å². The lowest BCUT2D eigenvalue weighted by atomic mass is 10.2. The summed E-state index contributed by atoms with van der Waals surface area (Å²) in [5.41, 5.74) is 5.01. The van der Waals surface area contributed by atoms with Crippen LogP contribution in [0.1, 0.15) is 0 Å². The molecule has 0 unspecified atom stereocenters. The SMILES string of the molecule is ICn1c2ccccc2n2c3c(nc12)oc1ccccc13. The molecular weight excluding hydrogens is 377 g/mol. The van der Waals surface area contributed by atoms with Crippen molar-refractivity contribution in [3.05, 3.63) is 48.5 Å². The van der Waals surface area contributed by atoms with Gasteiger partial charge in [0.25, 0.3) is 0 Å². The van der Waals surface area contributed by atoms with Gasteiger partial charge in [0.05, 0.1) is 15.6 Å². The van der Waals surface area contributed by atoms with Crippen LogP contribution in [0, 0.1) is 0 Å². The monoisotopic (exact) mass is 387 g/mol. The first-order valence-electron chi connectivity index (χ1n) is 6.71. The van der Waals surface area contributed by atoms with Crippen LogP contribution in [0.3, 0.4) is 0 Å². The van der Waals surface area contributed by atoms with E-state index in [0.717, 1.165) is 26.8 Å². The number of hydrogen-bond donors (Lipinski definition) is 0. The Morgan fingerprint density at radius 2 is 1.76 bits per heavy atom. The van der Waals surface area contributed by atoms with Crippen molar-refractivity contribution in [1.82, 2.24) is 14.0 Å². The molecule has 3 heterocycles. The smallest absolute Gasteiger partial charge is 0.248 e. The molecule has 0 bridgehead atoms. The largest absolute Gasteiger partial charge is 0.436 e. The third-order valence-corrected chi connectivity index (χ3v) is 4.63. The van der Waals surface area contributed by atoms with E-state index in [-0.39, 0.29) is 0 Å². The summed E-state index contributed by atoms with van der Waals surface area (Å²) in [6, 6.07) is 16.5. The minimum absolute atomic E-state index is 0.704. The van der Waals surface area contributed by atoms with Gasteiger partial charge in [0.1, 0.15) is 11.1 Å². The fourth-order valence-corrected chi connectivity index (χ4v) is 3.74. The fraction of sp³-hybridized carbons (Fsp3) is 0.0625. The maximum absolute atomic E-state index is 5.90. The molecule has 0 aliphatic heterocycles. The molecule has 0 N–H and O–H groups in total. The van der Waals surface area contributed by atoms with Crippen LogP contribution in [0.25, 0.3) is 39.0 Å². The number of benzene rings is 2. The Labute approximate surface area is 133 Å². The number of para-hydroxylation sites is 3. The van der Waals surface area contributed by atoms with Gasteiger partial charge in [0.2, 0.25) is 11.5 Å². The molecule has 0 amide bonds. The van der Waals surface area contributed by atoms with Crippen molar-refractivity contribution in [2.75, 3.05) is 0 Å². The van der Waals surface area contributed by atoms with Crippen molar-refractivity contribution < 1.29 is 4.42 Å². The number of halogens is 1. The topological polar surface area (TPSA) is 35.4 Å². The number of nitrogens with zero attached hydrogens (tertiary/aromatic N) is 3. The summed E-state index contributed by atoms with van der Waals surface area (Å²) < 4.78 is 11.2. The van der Waals surface area contributed by atoms with Crippen LogP contribution in [0.15, 0.2) is 52.9 Å². The van der Waals surface area contributed by atoms with Gasteiger partial charge >= 0.3 is 0 Å². The predicted octanol–water partition coefficient (Wildman–Crippen LogP) is 4.58. The zero-order chi connectivity index (χ0) is 14.0. The molecule has 4 nitrogen and oxygen atoms in total. The van der Waals surface area contributed by atoms with E-state index in [9.17, 15) is 0 Å². The number of aromatic nitrogens is 3. The van der Waals surface area contributed by atoms with Crippen LogP contribution in [-0.2, 0) is 4.55 Å². The van der Waals surface area contributed by atoms with E-state index in [2.05, 4.69) is 61.9 Å². The van der Waals surface area contributed by atoms with Crippen molar-refractivity contribution in [3.8, 4) is 0 Å². The van der Waals surface area contributed by atoms with E-state index in [1.165, 1.54) is 11.0 Å². The van der Waals surface area contributed by atoms with Crippen molar-refractivity contribution in [1.29, 1.82) is 0 Å². The Morgan fingerprint density at radius 3 is 2.62 bits per heavy atom. The number of fused-ring (bicyclic) bond motifs is 7. The molecule has 0 saturated heterocycles. The summed E-state index contributed by atoms with van der Waals surface area (Å²) in [6.07, 6.45) is 0. The van der Waals surface area contributed by atoms with E-state index in [4.69, 9.17) is 9.40 Å². The van der Waals surface area contributed by atoms with Gasteiger partial charge in [-0.3, -0.25) is 8.97 Å². The van der Waals surface area contributed by atoms with Gasteiger partial charge in [-0.25, -0.2) is 0 Å². The minimum atomic E-state index is 0.704. The molecule has 5 heteroatoms. The number of hydrogen-bond acceptors (Lipinski definition) is 2. The van der Waals surface area contributed by atoms with Crippen LogP contribution in [-0.4, -0.2) is 14.0 Å². The first-order chi connectivity index (χ1) is 10.4. The normalized spacial score (nSPS) is 12.2. The zero-order valence-corrected chi connectivity index (χ0v) is 13.1. The standard InChI is InChI=1S/C16H10IN3O/c17-9-19-11-6-2-3-7-12(11)20-14-10-5-1-4-8-13(10)21-15(14)18-16(19)20/h1-8H,9H2. The summed E-state index contributed by atoms with van der Waals surface area (Å²) in [5.74, 6) is 0.935. The van der Waals surface area contributed by atoms with Crippen molar-refractivity contribution in [2.45, 2.75) is 4.55 Å². The van der Waals surface area contributed by atoms with Gasteiger partial charge in [0.15, 0.2) is 0 Å². The highest BCUT2D eigenvalue weighted by molar-refractivity contribution is 14.1. The minimum Gasteiger partial charge on any atom is -0.436 e. The molecule has 0 saturated carbocycles. The summed E-state index contributed by atoms with van der Waals surface area (Å²) in [5, 5.41) is 1.11. The third kappa shape index (κ3) is 1.37. The lowest BCUT2D eigenvalue weighted by Crippen LogP contribution is -1.91. The van der Waals surface area contributed by atoms with Gasteiger partial charge in [-0.05, 0) is 24.3 Å². The number of furan rings is 1. The molecule has 102 valence electrons. The molecule has 5 aromatic rings. The number of rotatable bonds is 1. The maximum atomic E-state index is 5.90. The molecule has 0 spiro atoms. The Bertz CT molecular complexity index is 1130. The third-order valence-electron chi connectivity index (χ3n) is 3.95. The molecule has 3 aromatic heterocycles. The number of alkyl halides is 1. The van der Waals surface area contributed by atoms with E-state index in [1.807, 2.05) is 18.2 Å². The summed E-state index contributed by atoms with van der Waals surface area (Å²) >= 11 is 2.37. The van der Waals surface area contributed by atoms with Gasteiger partial charge in [-0.2, -0.15) is 4.98 Å². The first-order valence-corrected chi connectivity index (χ1v) is 8.24. The molecular formula is C16H10IN3O. The Kier molecular flexibility index (Phi) is 2.22. The number of imidazole rings is 2. The highest BCUT2D eigenvalue weighted by atomic mass is 127. The molecule has 0 aliphatic rings. The predicted molar refractivity (Wildman–Crippen MR) is 92.0 cm³/mol. The van der Waals surface area contributed by atoms with Crippen LogP contribution in [0.4, 0.5) is 0 Å². The van der Waals surface area contributed by atoms with E-state index < -0.39 is 0 Å². The van der Waals surface area contributed by atoms with Gasteiger partial charge in [-0.15, -0.1) is 0 Å². The lowest BCUT2D eigenvalue weighted by molar-refractivity contribution is 0.656. The van der Waals surface area contributed by atoms with Gasteiger partial charge in [-0.1, -0.05) is 46.9 Å². The molecule has 0 aliphatic carbocycles. The van der Waals surface area contributed by atoms with Crippen LogP contribution in [0.5, 0.6) is 0 Å². The lowest BCUT2D eigenvalue weighted by Gasteiger charge is -1.96. The van der Waals surface area contributed by atoms with E-state index >= 15 is 0 Å². The molecule has 2 aromatic carbocycles. The average molecular weight is 387 g/mol. The Morgan fingerprint density at radius 1 is 1.00 bits per heavy atom. The van der Waals surface area contributed by atoms with Crippen LogP contribution >= 0.6 is 22.6 Å². The molecule has 0 fully saturated rings. The second-order valence-corrected chi connectivity index (χ2v) is 5.72. The van der Waals surface area contributed by atoms with E-state index in [0.29, 0.717) is 5.71 Å². The van der Waals surface area contributed by atoms with Crippen molar-refractivity contribution in [3.63, 3.8) is 0 Å². The second-order valence-electron chi connectivity index (χ2n) is 5.04. The first kappa shape index (κ1) is 11.6. The van der Waals surface area contributed by atoms with Crippen LogP contribution in [0.2, 0.25) is 0 Å². The highest BCUT2D eigenvalue weighted by Crippen LogP contribution is 2.33. The quantitative estimate of drug-likeness (QED) is 0.312. The van der Waals surface area contributed by atoms with Crippen LogP contribution < -0.4 is 0 Å². The molecule has 0 radical (unpaired) electrons. The maximum Gasteiger partial charge on any atom is 0.248 e. The highest BCUT2D eigenvalue weighted by Gasteiger charge is 2.19. The summed E-state index contributed by atoms with van der Waals surface area (Å²) in [6.45, 7) is 0. The Balaban J connectivity index is 2.14.